The van der Waals surface area contributed by atoms with Crippen LogP contribution in [0.25, 0.3) is 0 Å². The minimum absolute atomic E-state index is 0.221. The van der Waals surface area contributed by atoms with Crippen LogP contribution in [0.1, 0.15) is 34.0 Å². The highest BCUT2D eigenvalue weighted by molar-refractivity contribution is 7.12. The molecule has 0 aromatic carbocycles. The fourth-order valence-corrected chi connectivity index (χ4v) is 3.11. The van der Waals surface area contributed by atoms with Gasteiger partial charge in [-0.25, -0.2) is 0 Å². The van der Waals surface area contributed by atoms with Gasteiger partial charge >= 0.3 is 0 Å². The van der Waals surface area contributed by atoms with Crippen molar-refractivity contribution in [3.63, 3.8) is 0 Å². The molecule has 0 saturated carbocycles. The molecule has 0 saturated heterocycles. The summed E-state index contributed by atoms with van der Waals surface area (Å²) in [6.07, 6.45) is 0. The fourth-order valence-electron chi connectivity index (χ4n) is 2.17. The van der Waals surface area contributed by atoms with Crippen molar-refractivity contribution in [2.75, 3.05) is 33.4 Å². The van der Waals surface area contributed by atoms with E-state index in [1.807, 2.05) is 19.9 Å². The van der Waals surface area contributed by atoms with Gasteiger partial charge in [0.05, 0.1) is 13.2 Å². The zero-order valence-corrected chi connectivity index (χ0v) is 13.5. The molecule has 0 spiro atoms. The molecule has 0 bridgehead atoms. The molecule has 108 valence electrons. The molecule has 0 aliphatic carbocycles. The molecule has 19 heavy (non-hydrogen) atoms. The average molecular weight is 283 g/mol. The van der Waals surface area contributed by atoms with Gasteiger partial charge in [-0.15, -0.1) is 11.3 Å². The zero-order chi connectivity index (χ0) is 14.4. The van der Waals surface area contributed by atoms with Crippen LogP contribution in [-0.2, 0) is 4.74 Å². The molecule has 0 atom stereocenters. The van der Waals surface area contributed by atoms with Gasteiger partial charge in [0.2, 0.25) is 0 Å². The van der Waals surface area contributed by atoms with Crippen LogP contribution in [-0.4, -0.2) is 44.0 Å². The molecule has 0 aliphatic rings. The van der Waals surface area contributed by atoms with Crippen molar-refractivity contribution < 1.29 is 9.53 Å². The lowest BCUT2D eigenvalue weighted by molar-refractivity contribution is 0.0881. The normalized spacial score (nSPS) is 11.5. The maximum atomic E-state index is 12.4. The monoisotopic (exact) mass is 283 g/mol. The molecule has 0 unspecified atom stereocenters. The van der Waals surface area contributed by atoms with Gasteiger partial charge < -0.3 is 4.74 Å². The van der Waals surface area contributed by atoms with Gasteiger partial charge in [0, 0.05) is 35.5 Å². The zero-order valence-electron chi connectivity index (χ0n) is 12.7. The van der Waals surface area contributed by atoms with Crippen LogP contribution in [0.5, 0.6) is 0 Å². The highest BCUT2D eigenvalue weighted by Gasteiger charge is 2.16. The number of aryl methyl sites for hydroxylation is 2. The largest absolute Gasteiger partial charge is 0.383 e. The number of Topliss-reactive ketones (excluding diaryl/α,β-unsaturated/α-hetero) is 1. The Kier molecular flexibility index (Phi) is 6.69. The number of ketones is 1. The van der Waals surface area contributed by atoms with Crippen LogP contribution in [0.3, 0.4) is 0 Å². The molecule has 0 fully saturated rings. The summed E-state index contributed by atoms with van der Waals surface area (Å²) in [4.78, 5) is 16.9. The topological polar surface area (TPSA) is 29.5 Å². The summed E-state index contributed by atoms with van der Waals surface area (Å²) >= 11 is 1.69. The number of thiophene rings is 1. The first kappa shape index (κ1) is 16.3. The summed E-state index contributed by atoms with van der Waals surface area (Å²) < 4.78 is 5.12. The van der Waals surface area contributed by atoms with Gasteiger partial charge in [0.1, 0.15) is 0 Å². The first-order chi connectivity index (χ1) is 8.93. The number of hydrogen-bond donors (Lipinski definition) is 0. The van der Waals surface area contributed by atoms with E-state index < -0.39 is 0 Å². The Bertz CT molecular complexity index is 412. The number of ether oxygens (including phenoxy) is 1. The number of nitrogens with zero attached hydrogens (tertiary/aromatic N) is 1. The van der Waals surface area contributed by atoms with Crippen molar-refractivity contribution in [2.24, 2.45) is 5.92 Å². The van der Waals surface area contributed by atoms with E-state index in [1.54, 1.807) is 18.4 Å². The minimum atomic E-state index is 0.221. The Morgan fingerprint density at radius 1 is 1.42 bits per heavy atom. The third-order valence-corrected chi connectivity index (χ3v) is 3.91. The second-order valence-electron chi connectivity index (χ2n) is 5.37. The average Bonchev–Trinajstić information content (AvgIpc) is 2.64. The van der Waals surface area contributed by atoms with Crippen molar-refractivity contribution in [1.29, 1.82) is 0 Å². The van der Waals surface area contributed by atoms with Gasteiger partial charge in [0.15, 0.2) is 5.78 Å². The Morgan fingerprint density at radius 3 is 2.58 bits per heavy atom. The van der Waals surface area contributed by atoms with Crippen LogP contribution in [0, 0.1) is 19.8 Å². The van der Waals surface area contributed by atoms with E-state index in [-0.39, 0.29) is 5.78 Å². The second-order valence-corrected chi connectivity index (χ2v) is 6.83. The summed E-state index contributed by atoms with van der Waals surface area (Å²) in [5.74, 6) is 0.772. The summed E-state index contributed by atoms with van der Waals surface area (Å²) in [5, 5.41) is 0. The van der Waals surface area contributed by atoms with Gasteiger partial charge in [-0.05, 0) is 25.8 Å². The smallest absolute Gasteiger partial charge is 0.177 e. The summed E-state index contributed by atoms with van der Waals surface area (Å²) in [6, 6.07) is 2.01. The van der Waals surface area contributed by atoms with Gasteiger partial charge in [-0.2, -0.15) is 0 Å². The van der Waals surface area contributed by atoms with E-state index in [0.29, 0.717) is 19.1 Å². The Morgan fingerprint density at radius 2 is 2.11 bits per heavy atom. The van der Waals surface area contributed by atoms with Crippen LogP contribution in [0.4, 0.5) is 0 Å². The number of carbonyl (C=O) groups excluding carboxylic acids is 1. The third kappa shape index (κ3) is 5.43. The number of hydrogen-bond acceptors (Lipinski definition) is 4. The lowest BCUT2D eigenvalue weighted by atomic mass is 10.1. The predicted molar refractivity (Wildman–Crippen MR) is 81.3 cm³/mol. The van der Waals surface area contributed by atoms with Gasteiger partial charge in [-0.1, -0.05) is 13.8 Å². The fraction of sp³-hybridized carbons (Fsp3) is 0.667. The Hall–Kier alpha value is -0.710. The predicted octanol–water partition coefficient (Wildman–Crippen LogP) is 3.15. The summed E-state index contributed by atoms with van der Waals surface area (Å²) in [7, 11) is 1.70. The molecule has 1 aromatic rings. The van der Waals surface area contributed by atoms with Crippen molar-refractivity contribution in [3.8, 4) is 0 Å². The molecule has 1 rings (SSSR count). The van der Waals surface area contributed by atoms with Crippen LogP contribution >= 0.6 is 11.3 Å². The second kappa shape index (κ2) is 7.78. The number of methoxy groups -OCH3 is 1. The molecule has 4 heteroatoms. The van der Waals surface area contributed by atoms with Gasteiger partial charge in [0.25, 0.3) is 0 Å². The standard InChI is InChI=1S/C15H25NO2S/c1-11(2)9-16(6-7-18-5)10-15(17)14-8-12(3)19-13(14)4/h8,11H,6-7,9-10H2,1-5H3. The van der Waals surface area contributed by atoms with Crippen molar-refractivity contribution in [3.05, 3.63) is 21.4 Å². The van der Waals surface area contributed by atoms with E-state index in [2.05, 4.69) is 18.7 Å². The first-order valence-electron chi connectivity index (χ1n) is 6.75. The first-order valence-corrected chi connectivity index (χ1v) is 7.57. The van der Waals surface area contributed by atoms with E-state index in [0.717, 1.165) is 23.5 Å². The van der Waals surface area contributed by atoms with E-state index in [1.165, 1.54) is 4.88 Å². The minimum Gasteiger partial charge on any atom is -0.383 e. The van der Waals surface area contributed by atoms with E-state index in [9.17, 15) is 4.79 Å². The van der Waals surface area contributed by atoms with Crippen LogP contribution < -0.4 is 0 Å². The van der Waals surface area contributed by atoms with Gasteiger partial charge in [-0.3, -0.25) is 9.69 Å². The Balaban J connectivity index is 2.66. The molecule has 3 nitrogen and oxygen atoms in total. The van der Waals surface area contributed by atoms with Crippen molar-refractivity contribution in [2.45, 2.75) is 27.7 Å². The molecule has 0 N–H and O–H groups in total. The SMILES string of the molecule is COCCN(CC(=O)c1cc(C)sc1C)CC(C)C. The lowest BCUT2D eigenvalue weighted by Gasteiger charge is -2.23. The molecule has 0 amide bonds. The molecular weight excluding hydrogens is 258 g/mol. The summed E-state index contributed by atoms with van der Waals surface area (Å²) in [6.45, 7) is 11.3. The molecule has 0 radical (unpaired) electrons. The number of carbonyl (C=O) groups is 1. The van der Waals surface area contributed by atoms with Crippen molar-refractivity contribution in [1.82, 2.24) is 4.90 Å². The van der Waals surface area contributed by atoms with E-state index >= 15 is 0 Å². The highest BCUT2D eigenvalue weighted by Crippen LogP contribution is 2.21. The quantitative estimate of drug-likeness (QED) is 0.686. The van der Waals surface area contributed by atoms with Crippen LogP contribution in [0.15, 0.2) is 6.07 Å². The van der Waals surface area contributed by atoms with Crippen LogP contribution in [0.2, 0.25) is 0 Å². The Labute approximate surface area is 120 Å². The lowest BCUT2D eigenvalue weighted by Crippen LogP contribution is -2.35. The maximum Gasteiger partial charge on any atom is 0.177 e. The molecule has 1 heterocycles. The maximum absolute atomic E-state index is 12.4. The van der Waals surface area contributed by atoms with Crippen molar-refractivity contribution >= 4 is 17.1 Å². The van der Waals surface area contributed by atoms with E-state index in [4.69, 9.17) is 4.74 Å². The highest BCUT2D eigenvalue weighted by atomic mass is 32.1. The third-order valence-electron chi connectivity index (χ3n) is 2.94. The molecule has 1 aromatic heterocycles. The molecular formula is C15H25NO2S. The summed E-state index contributed by atoms with van der Waals surface area (Å²) in [5.41, 5.74) is 0.883. The molecule has 0 aliphatic heterocycles. The number of rotatable bonds is 8.